The van der Waals surface area contributed by atoms with E-state index in [4.69, 9.17) is 0 Å². The van der Waals surface area contributed by atoms with Crippen molar-refractivity contribution in [2.45, 2.75) is 95.4 Å². The van der Waals surface area contributed by atoms with Crippen LogP contribution >= 0.6 is 0 Å². The molecule has 0 aromatic rings. The van der Waals surface area contributed by atoms with Crippen molar-refractivity contribution < 1.29 is 24.9 Å². The molecule has 0 aliphatic heterocycles. The van der Waals surface area contributed by atoms with Gasteiger partial charge in [0.15, 0.2) is 6.29 Å². The lowest BCUT2D eigenvalue weighted by molar-refractivity contribution is -0.533. The fourth-order valence-electron chi connectivity index (χ4n) is 2.88. The van der Waals surface area contributed by atoms with Gasteiger partial charge in [0.2, 0.25) is 12.1 Å². The summed E-state index contributed by atoms with van der Waals surface area (Å²) >= 11 is 0. The molecule has 0 amide bonds. The highest BCUT2D eigenvalue weighted by atomic mass is 16.6. The van der Waals surface area contributed by atoms with Gasteiger partial charge in [-0.25, -0.2) is 0 Å². The van der Waals surface area contributed by atoms with E-state index >= 15 is 0 Å². The number of unbranched alkanes of at least 4 members (excludes halogenated alkanes) is 3. The molecular formula is C20H33N2O7. The second-order valence-electron chi connectivity index (χ2n) is 7.02. The quantitative estimate of drug-likeness (QED) is 0.152. The van der Waals surface area contributed by atoms with Gasteiger partial charge in [-0.15, -0.1) is 0 Å². The van der Waals surface area contributed by atoms with Crippen LogP contribution in [0.1, 0.15) is 71.1 Å². The third kappa shape index (κ3) is 12.8. The van der Waals surface area contributed by atoms with Gasteiger partial charge < -0.3 is 10.2 Å². The molecule has 0 heterocycles. The lowest BCUT2D eigenvalue weighted by Gasteiger charge is -2.14. The Hall–Kier alpha value is -2.13. The topological polar surface area (TPSA) is 144 Å². The summed E-state index contributed by atoms with van der Waals surface area (Å²) in [4.78, 5) is 31.4. The van der Waals surface area contributed by atoms with Crippen LogP contribution in [-0.4, -0.2) is 50.6 Å². The molecule has 0 spiro atoms. The molecule has 0 aliphatic carbocycles. The summed E-state index contributed by atoms with van der Waals surface area (Å²) in [7, 11) is 0. The van der Waals surface area contributed by atoms with Crippen LogP contribution in [0, 0.1) is 20.2 Å². The van der Waals surface area contributed by atoms with Gasteiger partial charge in [-0.2, -0.15) is 0 Å². The van der Waals surface area contributed by atoms with Crippen LogP contribution in [-0.2, 0) is 4.79 Å². The highest BCUT2D eigenvalue weighted by Crippen LogP contribution is 2.14. The van der Waals surface area contributed by atoms with Gasteiger partial charge in [-0.05, 0) is 25.7 Å². The second kappa shape index (κ2) is 16.8. The molecule has 4 unspecified atom stereocenters. The Balaban J connectivity index is 4.39. The Morgan fingerprint density at radius 2 is 1.34 bits per heavy atom. The summed E-state index contributed by atoms with van der Waals surface area (Å²) in [5.41, 5.74) is 0. The lowest BCUT2D eigenvalue weighted by atomic mass is 10.0. The van der Waals surface area contributed by atoms with Crippen LogP contribution in [0.15, 0.2) is 24.3 Å². The molecule has 0 aromatic heterocycles. The number of rotatable bonds is 18. The summed E-state index contributed by atoms with van der Waals surface area (Å²) in [6.07, 6.45) is 10.6. The fourth-order valence-corrected chi connectivity index (χ4v) is 2.88. The van der Waals surface area contributed by atoms with Gasteiger partial charge in [0.1, 0.15) is 12.2 Å². The average molecular weight is 413 g/mol. The van der Waals surface area contributed by atoms with Gasteiger partial charge in [0.05, 0.1) is 0 Å². The number of nitro groups is 2. The van der Waals surface area contributed by atoms with Crippen molar-refractivity contribution in [1.82, 2.24) is 0 Å². The highest BCUT2D eigenvalue weighted by molar-refractivity contribution is 5.50. The third-order valence-electron chi connectivity index (χ3n) is 4.67. The molecule has 9 heteroatoms. The zero-order chi connectivity index (χ0) is 22.1. The largest absolute Gasteiger partial charge is 0.386 e. The molecule has 0 aromatic carbocycles. The van der Waals surface area contributed by atoms with Crippen molar-refractivity contribution >= 4 is 6.29 Å². The van der Waals surface area contributed by atoms with Crippen LogP contribution < -0.4 is 0 Å². The summed E-state index contributed by atoms with van der Waals surface area (Å²) in [6.45, 7) is 2.02. The van der Waals surface area contributed by atoms with E-state index in [1.54, 1.807) is 30.6 Å². The molecule has 0 aliphatic rings. The minimum Gasteiger partial charge on any atom is -0.386 e. The first kappa shape index (κ1) is 26.9. The maximum absolute atomic E-state index is 11.1. The molecule has 2 N–H and O–H groups in total. The minimum absolute atomic E-state index is 0.0560. The lowest BCUT2D eigenvalue weighted by Crippen LogP contribution is -2.33. The van der Waals surface area contributed by atoms with Crippen molar-refractivity contribution in [2.75, 3.05) is 0 Å². The number of allylic oxidation sites excluding steroid dienone is 2. The number of hydrogen-bond donors (Lipinski definition) is 2. The molecule has 165 valence electrons. The standard InChI is InChI=1S/C20H33N2O7/c1-2-3-7-14-19(24)17(21(26)27)12-8-5-4-6-9-13-18(22(28)29)20(25)15-10-11-16-23/h5-6,8-9,17-20,24-25H,2-4,7,10-15H2,1H3/b8-5-,9-6-. The summed E-state index contributed by atoms with van der Waals surface area (Å²) < 4.78 is 0. The summed E-state index contributed by atoms with van der Waals surface area (Å²) in [5.74, 6) is 0. The van der Waals surface area contributed by atoms with Gasteiger partial charge in [-0.3, -0.25) is 25.0 Å². The molecular weight excluding hydrogens is 380 g/mol. The van der Waals surface area contributed by atoms with Gasteiger partial charge in [0.25, 0.3) is 0 Å². The molecule has 29 heavy (non-hydrogen) atoms. The maximum Gasteiger partial charge on any atom is 0.241 e. The van der Waals surface area contributed by atoms with Gasteiger partial charge in [-0.1, -0.05) is 50.5 Å². The van der Waals surface area contributed by atoms with Crippen molar-refractivity contribution in [2.24, 2.45) is 0 Å². The zero-order valence-electron chi connectivity index (χ0n) is 17.0. The number of aliphatic hydroxyl groups excluding tert-OH is 2. The number of nitrogens with zero attached hydrogens (tertiary/aromatic N) is 2. The van der Waals surface area contributed by atoms with E-state index in [0.717, 1.165) is 19.3 Å². The number of carbonyl (C=O) groups excluding carboxylic acids is 1. The first-order chi connectivity index (χ1) is 13.8. The van der Waals surface area contributed by atoms with Crippen LogP contribution in [0.2, 0.25) is 0 Å². The van der Waals surface area contributed by atoms with E-state index in [2.05, 4.69) is 0 Å². The predicted molar refractivity (Wildman–Crippen MR) is 109 cm³/mol. The van der Waals surface area contributed by atoms with E-state index in [9.17, 15) is 35.2 Å². The first-order valence-corrected chi connectivity index (χ1v) is 10.1. The zero-order valence-corrected chi connectivity index (χ0v) is 17.0. The number of aliphatic hydroxyl groups is 2. The van der Waals surface area contributed by atoms with E-state index in [1.807, 2.05) is 6.92 Å². The van der Waals surface area contributed by atoms with E-state index in [0.29, 0.717) is 19.3 Å². The van der Waals surface area contributed by atoms with Crippen molar-refractivity contribution in [3.63, 3.8) is 0 Å². The molecule has 4 atom stereocenters. The van der Waals surface area contributed by atoms with E-state index in [-0.39, 0.29) is 25.7 Å². The highest BCUT2D eigenvalue weighted by Gasteiger charge is 2.28. The molecule has 1 radical (unpaired) electrons. The summed E-state index contributed by atoms with van der Waals surface area (Å²) in [5, 5.41) is 42.1. The predicted octanol–water partition coefficient (Wildman–Crippen LogP) is 3.14. The van der Waals surface area contributed by atoms with Crippen molar-refractivity contribution in [3.05, 3.63) is 44.5 Å². The van der Waals surface area contributed by atoms with Gasteiger partial charge >= 0.3 is 0 Å². The van der Waals surface area contributed by atoms with Gasteiger partial charge in [0, 0.05) is 29.1 Å². The van der Waals surface area contributed by atoms with Crippen molar-refractivity contribution in [1.29, 1.82) is 0 Å². The third-order valence-corrected chi connectivity index (χ3v) is 4.67. The first-order valence-electron chi connectivity index (χ1n) is 10.1. The van der Waals surface area contributed by atoms with E-state index in [1.165, 1.54) is 0 Å². The number of hydrogen-bond acceptors (Lipinski definition) is 7. The van der Waals surface area contributed by atoms with Crippen LogP contribution in [0.5, 0.6) is 0 Å². The van der Waals surface area contributed by atoms with Crippen molar-refractivity contribution in [3.8, 4) is 0 Å². The van der Waals surface area contributed by atoms with E-state index < -0.39 is 34.1 Å². The molecule has 0 saturated carbocycles. The molecule has 0 fully saturated rings. The Kier molecular flexibility index (Phi) is 15.6. The SMILES string of the molecule is CCCCCC(O)C(C/C=C\C/C=C\CC(C(O)CCC[C]=O)[N+](=O)[O-])[N+](=O)[O-]. The van der Waals surface area contributed by atoms with Crippen LogP contribution in [0.25, 0.3) is 0 Å². The Morgan fingerprint density at radius 1 is 0.862 bits per heavy atom. The maximum atomic E-state index is 11.1. The molecule has 9 nitrogen and oxygen atoms in total. The molecule has 0 bridgehead atoms. The Morgan fingerprint density at radius 3 is 1.76 bits per heavy atom. The monoisotopic (exact) mass is 413 g/mol. The average Bonchev–Trinajstić information content (AvgIpc) is 2.66. The fraction of sp³-hybridized carbons (Fsp3) is 0.750. The smallest absolute Gasteiger partial charge is 0.241 e. The Bertz CT molecular complexity index is 537. The van der Waals surface area contributed by atoms with Crippen LogP contribution in [0.4, 0.5) is 0 Å². The normalized spacial score (nSPS) is 16.0. The molecule has 0 rings (SSSR count). The summed E-state index contributed by atoms with van der Waals surface area (Å²) in [6, 6.07) is -2.18. The Labute approximate surface area is 171 Å². The minimum atomic E-state index is -1.14. The second-order valence-corrected chi connectivity index (χ2v) is 7.02. The van der Waals surface area contributed by atoms with Crippen LogP contribution in [0.3, 0.4) is 0 Å². The molecule has 0 saturated heterocycles.